The Hall–Kier alpha value is -2.64. The van der Waals surface area contributed by atoms with Crippen LogP contribution in [0.5, 0.6) is 0 Å². The van der Waals surface area contributed by atoms with E-state index in [2.05, 4.69) is 35.7 Å². The van der Waals surface area contributed by atoms with E-state index < -0.39 is 5.54 Å². The van der Waals surface area contributed by atoms with Gasteiger partial charge < -0.3 is 5.32 Å². The first-order chi connectivity index (χ1) is 12.5. The Morgan fingerprint density at radius 3 is 2.08 bits per heavy atom. The molecule has 1 fully saturated rings. The van der Waals surface area contributed by atoms with Gasteiger partial charge in [0, 0.05) is 0 Å². The molecule has 1 N–H and O–H groups in total. The normalized spacial score (nSPS) is 16.1. The standard InChI is InChI=1S/C22H25N3O/c1-22(16-23,19-13-14-19)24-20(26)15-25(2)21(17-9-5-3-6-10-17)18-11-7-4-8-12-18/h3-12,19,21H,13-15H2,1-2H3,(H,24,26)/t22-/m0/s1. The van der Waals surface area contributed by atoms with Gasteiger partial charge in [0.25, 0.3) is 0 Å². The Labute approximate surface area is 155 Å². The van der Waals surface area contributed by atoms with Crippen molar-refractivity contribution in [1.29, 1.82) is 5.26 Å². The van der Waals surface area contributed by atoms with Crippen molar-refractivity contribution >= 4 is 5.91 Å². The zero-order valence-electron chi connectivity index (χ0n) is 15.4. The van der Waals surface area contributed by atoms with E-state index in [0.717, 1.165) is 24.0 Å². The van der Waals surface area contributed by atoms with Gasteiger partial charge in [0.2, 0.25) is 5.91 Å². The van der Waals surface area contributed by atoms with E-state index in [-0.39, 0.29) is 24.4 Å². The van der Waals surface area contributed by atoms with Crippen LogP contribution in [0.25, 0.3) is 0 Å². The number of hydrogen-bond acceptors (Lipinski definition) is 3. The Balaban J connectivity index is 1.77. The largest absolute Gasteiger partial charge is 0.337 e. The number of nitrogens with zero attached hydrogens (tertiary/aromatic N) is 2. The van der Waals surface area contributed by atoms with Crippen LogP contribution in [-0.2, 0) is 4.79 Å². The van der Waals surface area contributed by atoms with Crippen LogP contribution in [0.1, 0.15) is 36.9 Å². The van der Waals surface area contributed by atoms with E-state index >= 15 is 0 Å². The number of benzene rings is 2. The molecule has 3 rings (SSSR count). The van der Waals surface area contributed by atoms with Crippen LogP contribution in [0.3, 0.4) is 0 Å². The number of nitriles is 1. The Bertz CT molecular complexity index is 741. The summed E-state index contributed by atoms with van der Waals surface area (Å²) in [7, 11) is 1.95. The highest BCUT2D eigenvalue weighted by Gasteiger charge is 2.43. The molecule has 0 unspecified atom stereocenters. The number of rotatable bonds is 7. The minimum Gasteiger partial charge on any atom is -0.337 e. The van der Waals surface area contributed by atoms with Gasteiger partial charge >= 0.3 is 0 Å². The molecule has 0 aliphatic heterocycles. The van der Waals surface area contributed by atoms with Crippen LogP contribution in [0.15, 0.2) is 60.7 Å². The summed E-state index contributed by atoms with van der Waals surface area (Å²) in [6.07, 6.45) is 2.02. The molecule has 2 aromatic carbocycles. The monoisotopic (exact) mass is 347 g/mol. The maximum absolute atomic E-state index is 12.6. The van der Waals surface area contributed by atoms with Crippen molar-refractivity contribution in [1.82, 2.24) is 10.2 Å². The highest BCUT2D eigenvalue weighted by molar-refractivity contribution is 5.79. The molecule has 0 bridgehead atoms. The van der Waals surface area contributed by atoms with Crippen molar-refractivity contribution in [3.63, 3.8) is 0 Å². The summed E-state index contributed by atoms with van der Waals surface area (Å²) in [4.78, 5) is 14.7. The number of likely N-dealkylation sites (N-methyl/N-ethyl adjacent to an activating group) is 1. The third-order valence-electron chi connectivity index (χ3n) is 5.09. The first-order valence-electron chi connectivity index (χ1n) is 9.06. The lowest BCUT2D eigenvalue weighted by atomic mass is 9.96. The van der Waals surface area contributed by atoms with Gasteiger partial charge in [0.15, 0.2) is 0 Å². The second kappa shape index (κ2) is 7.72. The molecule has 0 radical (unpaired) electrons. The van der Waals surface area contributed by atoms with Crippen molar-refractivity contribution in [3.05, 3.63) is 71.8 Å². The second-order valence-corrected chi connectivity index (χ2v) is 7.28. The van der Waals surface area contributed by atoms with Crippen LogP contribution in [0.2, 0.25) is 0 Å². The third-order valence-corrected chi connectivity index (χ3v) is 5.09. The summed E-state index contributed by atoms with van der Waals surface area (Å²) in [5.74, 6) is 0.168. The van der Waals surface area contributed by atoms with Crippen LogP contribution >= 0.6 is 0 Å². The van der Waals surface area contributed by atoms with E-state index in [0.29, 0.717) is 0 Å². The molecule has 26 heavy (non-hydrogen) atoms. The Morgan fingerprint density at radius 2 is 1.65 bits per heavy atom. The number of amides is 1. The molecule has 1 amide bonds. The molecule has 1 aliphatic carbocycles. The molecule has 1 atom stereocenters. The molecule has 0 heterocycles. The summed E-state index contributed by atoms with van der Waals surface area (Å²) in [5.41, 5.74) is 1.52. The molecule has 1 saturated carbocycles. The summed E-state index contributed by atoms with van der Waals surface area (Å²) in [6.45, 7) is 2.06. The lowest BCUT2D eigenvalue weighted by Gasteiger charge is -2.30. The Kier molecular flexibility index (Phi) is 5.39. The van der Waals surface area contributed by atoms with Gasteiger partial charge in [-0.3, -0.25) is 9.69 Å². The van der Waals surface area contributed by atoms with Crippen molar-refractivity contribution in [2.75, 3.05) is 13.6 Å². The summed E-state index contributed by atoms with van der Waals surface area (Å²) < 4.78 is 0. The minimum atomic E-state index is -0.757. The van der Waals surface area contributed by atoms with Gasteiger partial charge in [-0.15, -0.1) is 0 Å². The highest BCUT2D eigenvalue weighted by atomic mass is 16.2. The van der Waals surface area contributed by atoms with E-state index in [1.54, 1.807) is 0 Å². The molecule has 2 aromatic rings. The van der Waals surface area contributed by atoms with Crippen LogP contribution in [-0.4, -0.2) is 29.9 Å². The van der Waals surface area contributed by atoms with E-state index in [1.807, 2.05) is 55.3 Å². The molecule has 1 aliphatic rings. The lowest BCUT2D eigenvalue weighted by Crippen LogP contribution is -2.50. The van der Waals surface area contributed by atoms with E-state index in [9.17, 15) is 10.1 Å². The third kappa shape index (κ3) is 4.12. The van der Waals surface area contributed by atoms with Crippen molar-refractivity contribution < 1.29 is 4.79 Å². The average molecular weight is 347 g/mol. The maximum Gasteiger partial charge on any atom is 0.235 e. The van der Waals surface area contributed by atoms with Crippen molar-refractivity contribution in [3.8, 4) is 6.07 Å². The zero-order chi connectivity index (χ0) is 18.6. The maximum atomic E-state index is 12.6. The summed E-state index contributed by atoms with van der Waals surface area (Å²) in [5, 5.41) is 12.4. The molecule has 0 aromatic heterocycles. The van der Waals surface area contributed by atoms with Crippen molar-refractivity contribution in [2.24, 2.45) is 5.92 Å². The Morgan fingerprint density at radius 1 is 1.15 bits per heavy atom. The van der Waals surface area contributed by atoms with Crippen LogP contribution < -0.4 is 5.32 Å². The predicted molar refractivity (Wildman–Crippen MR) is 102 cm³/mol. The fourth-order valence-electron chi connectivity index (χ4n) is 3.50. The highest BCUT2D eigenvalue weighted by Crippen LogP contribution is 2.39. The fourth-order valence-corrected chi connectivity index (χ4v) is 3.50. The second-order valence-electron chi connectivity index (χ2n) is 7.28. The molecule has 4 heteroatoms. The van der Waals surface area contributed by atoms with E-state index in [1.165, 1.54) is 0 Å². The van der Waals surface area contributed by atoms with Gasteiger partial charge in [0.1, 0.15) is 5.54 Å². The molecule has 134 valence electrons. The zero-order valence-corrected chi connectivity index (χ0v) is 15.4. The smallest absolute Gasteiger partial charge is 0.235 e. The first-order valence-corrected chi connectivity index (χ1v) is 9.06. The molecule has 4 nitrogen and oxygen atoms in total. The molecule has 0 spiro atoms. The van der Waals surface area contributed by atoms with Gasteiger partial charge in [-0.2, -0.15) is 5.26 Å². The van der Waals surface area contributed by atoms with Crippen molar-refractivity contribution in [2.45, 2.75) is 31.3 Å². The number of hydrogen-bond donors (Lipinski definition) is 1. The van der Waals surface area contributed by atoms with Gasteiger partial charge in [0.05, 0.1) is 18.7 Å². The molecule has 0 saturated heterocycles. The topological polar surface area (TPSA) is 56.1 Å². The number of carbonyl (C=O) groups excluding carboxylic acids is 1. The summed E-state index contributed by atoms with van der Waals surface area (Å²) in [6, 6.07) is 22.6. The van der Waals surface area contributed by atoms with Gasteiger partial charge in [-0.25, -0.2) is 0 Å². The minimum absolute atomic E-state index is 0.0163. The molecular formula is C22H25N3O. The predicted octanol–water partition coefficient (Wildman–Crippen LogP) is 3.52. The summed E-state index contributed by atoms with van der Waals surface area (Å²) >= 11 is 0. The fraction of sp³-hybridized carbons (Fsp3) is 0.364. The average Bonchev–Trinajstić information content (AvgIpc) is 3.49. The quantitative estimate of drug-likeness (QED) is 0.834. The van der Waals surface area contributed by atoms with Crippen LogP contribution in [0, 0.1) is 17.2 Å². The number of carbonyl (C=O) groups is 1. The first kappa shape index (κ1) is 18.2. The van der Waals surface area contributed by atoms with Crippen LogP contribution in [0.4, 0.5) is 0 Å². The van der Waals surface area contributed by atoms with Gasteiger partial charge in [-0.05, 0) is 43.9 Å². The van der Waals surface area contributed by atoms with E-state index in [4.69, 9.17) is 0 Å². The SMILES string of the molecule is CN(CC(=O)N[C@@](C)(C#N)C1CC1)C(c1ccccc1)c1ccccc1. The molecular weight excluding hydrogens is 322 g/mol. The lowest BCUT2D eigenvalue weighted by molar-refractivity contribution is -0.123. The van der Waals surface area contributed by atoms with Gasteiger partial charge in [-0.1, -0.05) is 60.7 Å². The number of nitrogens with one attached hydrogen (secondary N) is 1.